The van der Waals surface area contributed by atoms with Gasteiger partial charge in [0.15, 0.2) is 0 Å². The molecule has 0 aliphatic rings. The highest BCUT2D eigenvalue weighted by Gasteiger charge is 2.36. The van der Waals surface area contributed by atoms with Crippen molar-refractivity contribution in [3.05, 3.63) is 0 Å². The van der Waals surface area contributed by atoms with Crippen LogP contribution in [0.25, 0.3) is 0 Å². The van der Waals surface area contributed by atoms with E-state index in [2.05, 4.69) is 20.8 Å². The summed E-state index contributed by atoms with van der Waals surface area (Å²) in [6.45, 7) is 6.94. The van der Waals surface area contributed by atoms with Crippen molar-refractivity contribution in [1.29, 1.82) is 0 Å². The molecule has 0 rings (SSSR count). The van der Waals surface area contributed by atoms with E-state index < -0.39 is 36.0 Å². The van der Waals surface area contributed by atoms with Crippen molar-refractivity contribution < 1.29 is 54.8 Å². The zero-order valence-electron chi connectivity index (χ0n) is 36.0. The lowest BCUT2D eigenvalue weighted by Gasteiger charge is -2.27. The molecule has 56 heavy (non-hydrogen) atoms. The van der Waals surface area contributed by atoms with Gasteiger partial charge in [0.2, 0.25) is 0 Å². The van der Waals surface area contributed by atoms with Gasteiger partial charge in [-0.05, 0) is 70.9 Å². The van der Waals surface area contributed by atoms with Crippen molar-refractivity contribution in [2.75, 3.05) is 26.2 Å². The van der Waals surface area contributed by atoms with Crippen LogP contribution >= 0.6 is 0 Å². The van der Waals surface area contributed by atoms with Crippen LogP contribution in [-0.2, 0) is 19.1 Å². The van der Waals surface area contributed by atoms with Gasteiger partial charge in [-0.3, -0.25) is 4.90 Å². The van der Waals surface area contributed by atoms with E-state index in [-0.39, 0.29) is 32.0 Å². The lowest BCUT2D eigenvalue weighted by Crippen LogP contribution is -2.44. The van der Waals surface area contributed by atoms with Crippen molar-refractivity contribution in [2.45, 2.75) is 243 Å². The molecule has 0 aromatic carbocycles. The first-order valence-corrected chi connectivity index (χ1v) is 22.9. The molecule has 0 spiro atoms. The van der Waals surface area contributed by atoms with Crippen LogP contribution in [0.1, 0.15) is 220 Å². The Morgan fingerprint density at radius 1 is 0.464 bits per heavy atom. The summed E-state index contributed by atoms with van der Waals surface area (Å²) < 4.78 is 10.8. The van der Waals surface area contributed by atoms with E-state index in [4.69, 9.17) is 9.47 Å². The van der Waals surface area contributed by atoms with E-state index >= 15 is 0 Å². The maximum Gasteiger partial charge on any atom is 0.366 e. The Balaban J connectivity index is 4.57. The lowest BCUT2D eigenvalue weighted by molar-refractivity contribution is -0.317. The maximum atomic E-state index is 12.9. The number of esters is 2. The normalized spacial score (nSPS) is 12.6. The molecular formula is C44H87NO11. The third-order valence-corrected chi connectivity index (χ3v) is 10.6. The quantitative estimate of drug-likeness (QED) is 0.0180. The summed E-state index contributed by atoms with van der Waals surface area (Å²) in [5, 5.41) is 70.5. The molecule has 0 aromatic heterocycles. The predicted octanol–water partition coefficient (Wildman–Crippen LogP) is 7.89. The van der Waals surface area contributed by atoms with Gasteiger partial charge in [-0.15, -0.1) is 0 Å². The van der Waals surface area contributed by atoms with Gasteiger partial charge in [0.1, 0.15) is 6.10 Å². The third-order valence-electron chi connectivity index (χ3n) is 10.6. The fourth-order valence-electron chi connectivity index (χ4n) is 7.05. The van der Waals surface area contributed by atoms with E-state index in [0.29, 0.717) is 51.6 Å². The Labute approximate surface area is 340 Å². The van der Waals surface area contributed by atoms with Crippen molar-refractivity contribution in [3.63, 3.8) is 0 Å². The largest absolute Gasteiger partial charge is 0.462 e. The fourth-order valence-corrected chi connectivity index (χ4v) is 7.05. The Bertz CT molecular complexity index is 909. The molecule has 0 radical (unpaired) electrons. The van der Waals surface area contributed by atoms with E-state index in [9.17, 15) is 45.3 Å². The average Bonchev–Trinajstić information content (AvgIpc) is 3.14. The first-order chi connectivity index (χ1) is 26.7. The summed E-state index contributed by atoms with van der Waals surface area (Å²) in [6, 6.07) is 0. The molecular weight excluding hydrogens is 718 g/mol. The molecule has 0 aliphatic heterocycles. The van der Waals surface area contributed by atoms with Crippen molar-refractivity contribution >= 4 is 11.9 Å². The van der Waals surface area contributed by atoms with E-state index in [0.717, 1.165) is 70.6 Å². The number of unbranched alkanes of at least 4 members (excludes halogenated alkanes) is 22. The van der Waals surface area contributed by atoms with Gasteiger partial charge < -0.3 is 45.2 Å². The molecule has 0 atom stereocenters. The third kappa shape index (κ3) is 32.6. The molecule has 0 saturated heterocycles. The van der Waals surface area contributed by atoms with Crippen LogP contribution in [0.2, 0.25) is 0 Å². The molecule has 0 fully saturated rings. The minimum absolute atomic E-state index is 0.137. The standard InChI is InChI=1S/C44H87NO11/c1-4-7-10-13-16-17-18-23-30-37-55-40(46)42(48,49)34-27-29-36-45(38-44(52,53)54)35-28-22-21-26-33-43(50,51)41(47)56-39(31-24-19-14-11-8-5-2)32-25-20-15-12-9-6-3/h39,48-54H,4-38H2,1-3H3. The average molecular weight is 806 g/mol. The fraction of sp³-hybridized carbons (Fsp3) is 0.955. The van der Waals surface area contributed by atoms with Gasteiger partial charge in [-0.25, -0.2) is 9.59 Å². The van der Waals surface area contributed by atoms with Crippen LogP contribution in [0.4, 0.5) is 0 Å². The minimum atomic E-state index is -2.91. The second-order valence-electron chi connectivity index (χ2n) is 16.4. The van der Waals surface area contributed by atoms with E-state index in [1.165, 1.54) is 70.6 Å². The number of hydrogen-bond acceptors (Lipinski definition) is 12. The van der Waals surface area contributed by atoms with Crippen LogP contribution in [0.15, 0.2) is 0 Å². The summed E-state index contributed by atoms with van der Waals surface area (Å²) in [4.78, 5) is 26.7. The van der Waals surface area contributed by atoms with Gasteiger partial charge in [0.05, 0.1) is 13.2 Å². The SMILES string of the molecule is CCCCCCCCCCCOC(=O)C(O)(O)CCCCN(CCCCCCC(O)(O)C(=O)OC(CCCCCCCC)CCCCCCCC)CC(O)(O)O. The summed E-state index contributed by atoms with van der Waals surface area (Å²) in [6.07, 6.45) is 27.1. The van der Waals surface area contributed by atoms with Crippen molar-refractivity contribution in [3.8, 4) is 0 Å². The summed E-state index contributed by atoms with van der Waals surface area (Å²) in [5.74, 6) is -10.1. The summed E-state index contributed by atoms with van der Waals surface area (Å²) in [7, 11) is 0. The van der Waals surface area contributed by atoms with Gasteiger partial charge >= 0.3 is 11.9 Å². The molecule has 0 saturated carbocycles. The Morgan fingerprint density at radius 2 is 0.821 bits per heavy atom. The zero-order chi connectivity index (χ0) is 42.0. The van der Waals surface area contributed by atoms with Crippen LogP contribution in [0, 0.1) is 0 Å². The molecule has 0 aliphatic carbocycles. The number of carbonyl (C=O) groups excluding carboxylic acids is 2. The predicted molar refractivity (Wildman–Crippen MR) is 221 cm³/mol. The van der Waals surface area contributed by atoms with E-state index in [1.807, 2.05) is 0 Å². The first kappa shape index (κ1) is 54.6. The Kier molecular flexibility index (Phi) is 33.6. The van der Waals surface area contributed by atoms with Gasteiger partial charge in [-0.1, -0.05) is 149 Å². The van der Waals surface area contributed by atoms with Gasteiger partial charge in [0, 0.05) is 12.8 Å². The zero-order valence-corrected chi connectivity index (χ0v) is 36.0. The van der Waals surface area contributed by atoms with Crippen LogP contribution in [0.3, 0.4) is 0 Å². The van der Waals surface area contributed by atoms with Crippen LogP contribution < -0.4 is 0 Å². The lowest BCUT2D eigenvalue weighted by atomic mass is 10.0. The molecule has 12 nitrogen and oxygen atoms in total. The highest BCUT2D eigenvalue weighted by molar-refractivity contribution is 5.77. The minimum Gasteiger partial charge on any atom is -0.462 e. The number of nitrogens with zero attached hydrogens (tertiary/aromatic N) is 1. The number of ether oxygens (including phenoxy) is 2. The second-order valence-corrected chi connectivity index (χ2v) is 16.4. The first-order valence-electron chi connectivity index (χ1n) is 22.9. The molecule has 0 amide bonds. The van der Waals surface area contributed by atoms with Crippen LogP contribution in [-0.4, -0.2) is 102 Å². The Hall–Kier alpha value is -1.38. The van der Waals surface area contributed by atoms with Crippen molar-refractivity contribution in [2.24, 2.45) is 0 Å². The highest BCUT2D eigenvalue weighted by atomic mass is 16.7. The molecule has 0 bridgehead atoms. The maximum absolute atomic E-state index is 12.9. The number of aliphatic hydroxyl groups is 7. The smallest absolute Gasteiger partial charge is 0.366 e. The monoisotopic (exact) mass is 806 g/mol. The number of carbonyl (C=O) groups is 2. The van der Waals surface area contributed by atoms with Crippen molar-refractivity contribution in [1.82, 2.24) is 4.90 Å². The highest BCUT2D eigenvalue weighted by Crippen LogP contribution is 2.22. The van der Waals surface area contributed by atoms with E-state index in [1.54, 1.807) is 4.90 Å². The topological polar surface area (TPSA) is 197 Å². The second kappa shape index (κ2) is 34.5. The van der Waals surface area contributed by atoms with Gasteiger partial charge in [0.25, 0.3) is 17.5 Å². The molecule has 0 unspecified atom stereocenters. The number of hydrogen-bond donors (Lipinski definition) is 7. The molecule has 7 N–H and O–H groups in total. The van der Waals surface area contributed by atoms with Crippen LogP contribution in [0.5, 0.6) is 0 Å². The summed E-state index contributed by atoms with van der Waals surface area (Å²) in [5.41, 5.74) is 0. The molecule has 0 aromatic rings. The molecule has 0 heterocycles. The Morgan fingerprint density at radius 3 is 1.29 bits per heavy atom. The summed E-state index contributed by atoms with van der Waals surface area (Å²) >= 11 is 0. The van der Waals surface area contributed by atoms with Gasteiger partial charge in [-0.2, -0.15) is 0 Å². The molecule has 334 valence electrons. The number of rotatable bonds is 41. The molecule has 12 heteroatoms.